The molecule has 0 fully saturated rings. The number of amides is 1. The molecule has 2 nitrogen and oxygen atoms in total. The highest BCUT2D eigenvalue weighted by molar-refractivity contribution is 9.10. The average molecular weight is 306 g/mol. The molecule has 1 N–H and O–H groups in total. The van der Waals surface area contributed by atoms with Crippen LogP contribution < -0.4 is 5.32 Å². The molecule has 0 aromatic heterocycles. The number of nitrogens with one attached hydrogen (secondary N) is 1. The van der Waals surface area contributed by atoms with Gasteiger partial charge in [0.05, 0.1) is 4.83 Å². The monoisotopic (exact) mass is 305 g/mol. The van der Waals surface area contributed by atoms with Crippen LogP contribution in [0.4, 0.5) is 8.78 Å². The van der Waals surface area contributed by atoms with Gasteiger partial charge in [0.15, 0.2) is 0 Å². The minimum absolute atomic E-state index is 0.0166. The molecule has 1 aromatic rings. The van der Waals surface area contributed by atoms with Crippen molar-refractivity contribution in [2.24, 2.45) is 5.92 Å². The van der Waals surface area contributed by atoms with Gasteiger partial charge >= 0.3 is 0 Å². The van der Waals surface area contributed by atoms with Crippen molar-refractivity contribution in [1.29, 1.82) is 0 Å². The van der Waals surface area contributed by atoms with Crippen molar-refractivity contribution in [2.45, 2.75) is 25.2 Å². The lowest BCUT2D eigenvalue weighted by atomic mass is 10.1. The summed E-state index contributed by atoms with van der Waals surface area (Å²) in [4.78, 5) is 11.2. The van der Waals surface area contributed by atoms with E-state index in [-0.39, 0.29) is 28.8 Å². The van der Waals surface area contributed by atoms with Gasteiger partial charge in [0.2, 0.25) is 5.91 Å². The van der Waals surface area contributed by atoms with Gasteiger partial charge in [-0.3, -0.25) is 4.79 Å². The second kappa shape index (κ2) is 6.10. The Kier molecular flexibility index (Phi) is 5.05. The van der Waals surface area contributed by atoms with E-state index in [1.807, 2.05) is 13.8 Å². The van der Waals surface area contributed by atoms with Crippen molar-refractivity contribution < 1.29 is 13.6 Å². The second-order valence-corrected chi connectivity index (χ2v) is 5.09. The lowest BCUT2D eigenvalue weighted by Gasteiger charge is -2.14. The zero-order valence-electron chi connectivity index (χ0n) is 9.64. The molecule has 0 bridgehead atoms. The summed E-state index contributed by atoms with van der Waals surface area (Å²) >= 11 is 3.23. The molecule has 1 amide bonds. The second-order valence-electron chi connectivity index (χ2n) is 4.10. The van der Waals surface area contributed by atoms with E-state index in [1.54, 1.807) is 0 Å². The van der Waals surface area contributed by atoms with E-state index in [0.29, 0.717) is 0 Å². The summed E-state index contributed by atoms with van der Waals surface area (Å²) in [5.74, 6) is -1.15. The van der Waals surface area contributed by atoms with E-state index in [4.69, 9.17) is 0 Å². The van der Waals surface area contributed by atoms with Crippen molar-refractivity contribution in [3.05, 3.63) is 35.4 Å². The molecule has 1 unspecified atom stereocenters. The maximum atomic E-state index is 13.3. The summed E-state index contributed by atoms with van der Waals surface area (Å²) in [6.45, 7) is 3.76. The van der Waals surface area contributed by atoms with Gasteiger partial charge in [-0.1, -0.05) is 29.8 Å². The number of carbonyl (C=O) groups excluding carboxylic acids is 1. The molecule has 0 heterocycles. The van der Waals surface area contributed by atoms with Gasteiger partial charge < -0.3 is 5.32 Å². The first-order valence-corrected chi connectivity index (χ1v) is 6.19. The third-order valence-electron chi connectivity index (χ3n) is 2.30. The number of hydrogen-bond acceptors (Lipinski definition) is 1. The zero-order valence-corrected chi connectivity index (χ0v) is 11.2. The summed E-state index contributed by atoms with van der Waals surface area (Å²) in [6, 6.07) is 3.17. The Morgan fingerprint density at radius 1 is 1.41 bits per heavy atom. The van der Waals surface area contributed by atoms with Gasteiger partial charge in [0, 0.05) is 12.1 Å². The van der Waals surface area contributed by atoms with E-state index in [2.05, 4.69) is 21.2 Å². The fraction of sp³-hybridized carbons (Fsp3) is 0.417. The van der Waals surface area contributed by atoms with E-state index < -0.39 is 11.6 Å². The fourth-order valence-corrected chi connectivity index (χ4v) is 1.42. The maximum absolute atomic E-state index is 13.3. The van der Waals surface area contributed by atoms with Crippen LogP contribution in [-0.4, -0.2) is 10.7 Å². The summed E-state index contributed by atoms with van der Waals surface area (Å²) in [6.07, 6.45) is 0. The van der Waals surface area contributed by atoms with E-state index in [9.17, 15) is 13.6 Å². The van der Waals surface area contributed by atoms with Gasteiger partial charge in [0.25, 0.3) is 0 Å². The summed E-state index contributed by atoms with van der Waals surface area (Å²) in [5, 5.41) is 2.56. The minimum atomic E-state index is -0.526. The minimum Gasteiger partial charge on any atom is -0.351 e. The molecule has 0 saturated heterocycles. The van der Waals surface area contributed by atoms with E-state index >= 15 is 0 Å². The number of rotatable bonds is 4. The van der Waals surface area contributed by atoms with Gasteiger partial charge in [0.1, 0.15) is 11.6 Å². The SMILES string of the molecule is CC(C)C(Br)C(=O)NCc1cc(F)ccc1F. The lowest BCUT2D eigenvalue weighted by Crippen LogP contribution is -2.33. The number of hydrogen-bond donors (Lipinski definition) is 1. The summed E-state index contributed by atoms with van der Waals surface area (Å²) in [5.41, 5.74) is 0.141. The van der Waals surface area contributed by atoms with Crippen LogP contribution in [0, 0.1) is 17.6 Å². The predicted molar refractivity (Wildman–Crippen MR) is 65.8 cm³/mol. The van der Waals surface area contributed by atoms with Crippen molar-refractivity contribution in [1.82, 2.24) is 5.32 Å². The van der Waals surface area contributed by atoms with Crippen LogP contribution in [0.2, 0.25) is 0 Å². The molecule has 1 aromatic carbocycles. The first-order chi connectivity index (χ1) is 7.91. The Labute approximate surface area is 108 Å². The standard InChI is InChI=1S/C12H14BrF2NO/c1-7(2)11(13)12(17)16-6-8-5-9(14)3-4-10(8)15/h3-5,7,11H,6H2,1-2H3,(H,16,17). The Hall–Kier alpha value is -0.970. The molecule has 1 rings (SSSR count). The van der Waals surface area contributed by atoms with Gasteiger partial charge in [-0.15, -0.1) is 0 Å². The highest BCUT2D eigenvalue weighted by atomic mass is 79.9. The van der Waals surface area contributed by atoms with Crippen molar-refractivity contribution in [3.63, 3.8) is 0 Å². The average Bonchev–Trinajstić information content (AvgIpc) is 2.28. The number of carbonyl (C=O) groups is 1. The number of alkyl halides is 1. The van der Waals surface area contributed by atoms with Gasteiger partial charge in [-0.25, -0.2) is 8.78 Å². The topological polar surface area (TPSA) is 29.1 Å². The first-order valence-electron chi connectivity index (χ1n) is 5.27. The normalized spacial score (nSPS) is 12.6. The van der Waals surface area contributed by atoms with Crippen LogP contribution in [0.25, 0.3) is 0 Å². The van der Waals surface area contributed by atoms with E-state index in [0.717, 1.165) is 18.2 Å². The largest absolute Gasteiger partial charge is 0.351 e. The van der Waals surface area contributed by atoms with Crippen molar-refractivity contribution in [2.75, 3.05) is 0 Å². The summed E-state index contributed by atoms with van der Waals surface area (Å²) in [7, 11) is 0. The molecule has 0 radical (unpaired) electrons. The number of benzene rings is 1. The fourth-order valence-electron chi connectivity index (χ4n) is 1.26. The Balaban J connectivity index is 2.61. The zero-order chi connectivity index (χ0) is 13.0. The quantitative estimate of drug-likeness (QED) is 0.851. The van der Waals surface area contributed by atoms with Gasteiger partial charge in [-0.05, 0) is 24.1 Å². The third kappa shape index (κ3) is 4.07. The molecular weight excluding hydrogens is 292 g/mol. The molecule has 17 heavy (non-hydrogen) atoms. The third-order valence-corrected chi connectivity index (χ3v) is 3.77. The highest BCUT2D eigenvalue weighted by Gasteiger charge is 2.18. The van der Waals surface area contributed by atoms with E-state index in [1.165, 1.54) is 0 Å². The van der Waals surface area contributed by atoms with Gasteiger partial charge in [-0.2, -0.15) is 0 Å². The predicted octanol–water partition coefficient (Wildman–Crippen LogP) is 3.00. The van der Waals surface area contributed by atoms with Crippen LogP contribution >= 0.6 is 15.9 Å². The lowest BCUT2D eigenvalue weighted by molar-refractivity contribution is -0.121. The Morgan fingerprint density at radius 2 is 2.06 bits per heavy atom. The maximum Gasteiger partial charge on any atom is 0.234 e. The van der Waals surface area contributed by atoms with Crippen LogP contribution in [-0.2, 0) is 11.3 Å². The van der Waals surface area contributed by atoms with Crippen LogP contribution in [0.3, 0.4) is 0 Å². The molecule has 94 valence electrons. The molecular formula is C12H14BrF2NO. The van der Waals surface area contributed by atoms with Crippen molar-refractivity contribution >= 4 is 21.8 Å². The number of halogens is 3. The first kappa shape index (κ1) is 14.1. The summed E-state index contributed by atoms with van der Waals surface area (Å²) < 4.78 is 26.1. The van der Waals surface area contributed by atoms with Crippen molar-refractivity contribution in [3.8, 4) is 0 Å². The molecule has 0 spiro atoms. The smallest absolute Gasteiger partial charge is 0.234 e. The van der Waals surface area contributed by atoms with Crippen LogP contribution in [0.1, 0.15) is 19.4 Å². The molecule has 0 aliphatic rings. The van der Waals surface area contributed by atoms with Crippen LogP contribution in [0.15, 0.2) is 18.2 Å². The molecule has 5 heteroatoms. The highest BCUT2D eigenvalue weighted by Crippen LogP contribution is 2.13. The molecule has 0 saturated carbocycles. The molecule has 1 atom stereocenters. The Bertz CT molecular complexity index is 409. The Morgan fingerprint density at radius 3 is 2.65 bits per heavy atom. The molecule has 0 aliphatic carbocycles. The molecule has 0 aliphatic heterocycles. The van der Waals surface area contributed by atoms with Crippen LogP contribution in [0.5, 0.6) is 0 Å².